The van der Waals surface area contributed by atoms with Crippen LogP contribution in [0.3, 0.4) is 0 Å². The number of ether oxygens (including phenoxy) is 3. The molecule has 1 saturated carbocycles. The monoisotopic (exact) mass is 559 g/mol. The number of rotatable bonds is 11. The Morgan fingerprint density at radius 3 is 2.49 bits per heavy atom. The molecule has 0 bridgehead atoms. The second kappa shape index (κ2) is 12.6. The van der Waals surface area contributed by atoms with Crippen molar-refractivity contribution in [3.8, 4) is 17.2 Å². The molecule has 1 aliphatic heterocycles. The average Bonchev–Trinajstić information content (AvgIpc) is 3.47. The molecule has 10 nitrogen and oxygen atoms in total. The topological polar surface area (TPSA) is 114 Å². The molecule has 1 aliphatic carbocycles. The number of nitrogens with zero attached hydrogens (tertiary/aromatic N) is 2. The van der Waals surface area contributed by atoms with Crippen molar-refractivity contribution in [2.75, 3.05) is 36.9 Å². The molecule has 2 amide bonds. The molecule has 0 spiro atoms. The fourth-order valence-corrected chi connectivity index (χ4v) is 5.90. The van der Waals surface area contributed by atoms with E-state index < -0.39 is 28.5 Å². The van der Waals surface area contributed by atoms with Crippen LogP contribution in [0.5, 0.6) is 17.2 Å². The van der Waals surface area contributed by atoms with Crippen molar-refractivity contribution in [2.45, 2.75) is 58.2 Å². The zero-order valence-corrected chi connectivity index (χ0v) is 23.5. The minimum absolute atomic E-state index is 0.0865. The highest BCUT2D eigenvalue weighted by Crippen LogP contribution is 2.35. The van der Waals surface area contributed by atoms with Gasteiger partial charge in [-0.1, -0.05) is 25.0 Å². The molecular weight excluding hydrogens is 522 g/mol. The lowest BCUT2D eigenvalue weighted by Gasteiger charge is -2.32. The normalized spacial score (nSPS) is 15.9. The van der Waals surface area contributed by atoms with Crippen molar-refractivity contribution in [1.82, 2.24) is 10.2 Å². The van der Waals surface area contributed by atoms with Gasteiger partial charge in [0, 0.05) is 18.7 Å². The standard InChI is InChI=1S/C28H37N3O7S/c1-4-39(34,35)31(23-12-13-25-26(17-23)38-15-14-37-25)19-27(32)30(18-21-8-7-11-24(16-21)36-3)20(2)28(33)29-22-9-5-6-10-22/h7-8,11-13,16-17,20,22H,4-6,9-10,14-15,18-19H2,1-3H3,(H,29,33). The first kappa shape index (κ1) is 28.5. The first-order valence-electron chi connectivity index (χ1n) is 13.3. The number of amides is 2. The van der Waals surface area contributed by atoms with Gasteiger partial charge in [-0.25, -0.2) is 8.42 Å². The van der Waals surface area contributed by atoms with Crippen molar-refractivity contribution < 1.29 is 32.2 Å². The van der Waals surface area contributed by atoms with Crippen LogP contribution in [0.1, 0.15) is 45.1 Å². The lowest BCUT2D eigenvalue weighted by molar-refractivity contribution is -0.139. The lowest BCUT2D eigenvalue weighted by atomic mass is 10.1. The van der Waals surface area contributed by atoms with E-state index in [1.54, 1.807) is 44.4 Å². The van der Waals surface area contributed by atoms with Gasteiger partial charge in [-0.3, -0.25) is 13.9 Å². The average molecular weight is 560 g/mol. The highest BCUT2D eigenvalue weighted by Gasteiger charge is 2.32. The first-order valence-corrected chi connectivity index (χ1v) is 15.0. The summed E-state index contributed by atoms with van der Waals surface area (Å²) in [6.45, 7) is 3.58. The lowest BCUT2D eigenvalue weighted by Crippen LogP contribution is -2.52. The number of hydrogen-bond donors (Lipinski definition) is 1. The largest absolute Gasteiger partial charge is 0.497 e. The Morgan fingerprint density at radius 1 is 1.08 bits per heavy atom. The molecule has 1 N–H and O–H groups in total. The Labute approximate surface area is 230 Å². The molecule has 1 unspecified atom stereocenters. The quantitative estimate of drug-likeness (QED) is 0.450. The maximum atomic E-state index is 13.9. The Morgan fingerprint density at radius 2 is 1.79 bits per heavy atom. The summed E-state index contributed by atoms with van der Waals surface area (Å²) in [5.41, 5.74) is 1.05. The number of anilines is 1. The van der Waals surface area contributed by atoms with Gasteiger partial charge < -0.3 is 24.4 Å². The van der Waals surface area contributed by atoms with Crippen molar-refractivity contribution in [3.63, 3.8) is 0 Å². The number of methoxy groups -OCH3 is 1. The number of carbonyl (C=O) groups is 2. The molecule has 1 heterocycles. The third-order valence-electron chi connectivity index (χ3n) is 7.15. The summed E-state index contributed by atoms with van der Waals surface area (Å²) >= 11 is 0. The Balaban J connectivity index is 1.63. The number of fused-ring (bicyclic) bond motifs is 1. The second-order valence-electron chi connectivity index (χ2n) is 9.77. The summed E-state index contributed by atoms with van der Waals surface area (Å²) in [5.74, 6) is 0.583. The van der Waals surface area contributed by atoms with Crippen LogP contribution >= 0.6 is 0 Å². The number of hydrogen-bond acceptors (Lipinski definition) is 7. The van der Waals surface area contributed by atoms with Crippen LogP contribution in [-0.4, -0.2) is 69.8 Å². The molecule has 0 aromatic heterocycles. The van der Waals surface area contributed by atoms with E-state index in [1.807, 2.05) is 12.1 Å². The van der Waals surface area contributed by atoms with E-state index in [0.717, 1.165) is 35.6 Å². The molecule has 11 heteroatoms. The molecule has 2 aliphatic rings. The molecule has 212 valence electrons. The Bertz CT molecular complexity index is 1280. The van der Waals surface area contributed by atoms with E-state index in [-0.39, 0.29) is 24.2 Å². The third kappa shape index (κ3) is 6.95. The predicted molar refractivity (Wildman–Crippen MR) is 148 cm³/mol. The predicted octanol–water partition coefficient (Wildman–Crippen LogP) is 3.10. The van der Waals surface area contributed by atoms with Crippen LogP contribution in [0.4, 0.5) is 5.69 Å². The number of benzene rings is 2. The van der Waals surface area contributed by atoms with Gasteiger partial charge in [0.05, 0.1) is 18.6 Å². The summed E-state index contributed by atoms with van der Waals surface area (Å²) in [5, 5.41) is 3.06. The van der Waals surface area contributed by atoms with E-state index in [2.05, 4.69) is 5.32 Å². The van der Waals surface area contributed by atoms with E-state index in [9.17, 15) is 18.0 Å². The minimum Gasteiger partial charge on any atom is -0.497 e. The highest BCUT2D eigenvalue weighted by molar-refractivity contribution is 7.92. The van der Waals surface area contributed by atoms with E-state index >= 15 is 0 Å². The summed E-state index contributed by atoms with van der Waals surface area (Å²) < 4.78 is 44.0. The van der Waals surface area contributed by atoms with Gasteiger partial charge in [0.1, 0.15) is 31.5 Å². The van der Waals surface area contributed by atoms with Gasteiger partial charge in [-0.05, 0) is 56.5 Å². The molecule has 4 rings (SSSR count). The zero-order chi connectivity index (χ0) is 28.0. The van der Waals surface area contributed by atoms with Crippen molar-refractivity contribution in [2.24, 2.45) is 0 Å². The van der Waals surface area contributed by atoms with Crippen LogP contribution in [-0.2, 0) is 26.2 Å². The van der Waals surface area contributed by atoms with E-state index in [4.69, 9.17) is 14.2 Å². The fourth-order valence-electron chi connectivity index (χ4n) is 4.85. The third-order valence-corrected chi connectivity index (χ3v) is 8.89. The van der Waals surface area contributed by atoms with Crippen molar-refractivity contribution >= 4 is 27.5 Å². The second-order valence-corrected chi connectivity index (χ2v) is 12.0. The van der Waals surface area contributed by atoms with Gasteiger partial charge in [-0.15, -0.1) is 0 Å². The summed E-state index contributed by atoms with van der Waals surface area (Å²) in [6, 6.07) is 11.3. The first-order chi connectivity index (χ1) is 18.7. The van der Waals surface area contributed by atoms with E-state index in [0.29, 0.717) is 36.1 Å². The Kier molecular flexibility index (Phi) is 9.21. The van der Waals surface area contributed by atoms with Gasteiger partial charge >= 0.3 is 0 Å². The maximum Gasteiger partial charge on any atom is 0.244 e. The SMILES string of the molecule is CCS(=O)(=O)N(CC(=O)N(Cc1cccc(OC)c1)C(C)C(=O)NC1CCCC1)c1ccc2c(c1)OCCO2. The molecule has 2 aromatic rings. The zero-order valence-electron chi connectivity index (χ0n) is 22.7. The summed E-state index contributed by atoms with van der Waals surface area (Å²) in [7, 11) is -2.29. The van der Waals surface area contributed by atoms with Crippen molar-refractivity contribution in [1.29, 1.82) is 0 Å². The molecule has 0 radical (unpaired) electrons. The highest BCUT2D eigenvalue weighted by atomic mass is 32.2. The van der Waals surface area contributed by atoms with Crippen LogP contribution in [0.15, 0.2) is 42.5 Å². The maximum absolute atomic E-state index is 13.9. The molecule has 1 fully saturated rings. The van der Waals surface area contributed by atoms with Crippen LogP contribution < -0.4 is 23.8 Å². The number of nitrogens with one attached hydrogen (secondary N) is 1. The van der Waals surface area contributed by atoms with Crippen LogP contribution in [0.2, 0.25) is 0 Å². The molecule has 2 aromatic carbocycles. The van der Waals surface area contributed by atoms with Gasteiger partial charge in [0.25, 0.3) is 0 Å². The fraction of sp³-hybridized carbons (Fsp3) is 0.500. The molecule has 1 atom stereocenters. The van der Waals surface area contributed by atoms with E-state index in [1.165, 1.54) is 11.8 Å². The Hall–Kier alpha value is -3.47. The number of sulfonamides is 1. The summed E-state index contributed by atoms with van der Waals surface area (Å²) in [6.07, 6.45) is 3.94. The van der Waals surface area contributed by atoms with Crippen LogP contribution in [0, 0.1) is 0 Å². The van der Waals surface area contributed by atoms with Crippen LogP contribution in [0.25, 0.3) is 0 Å². The molecule has 0 saturated heterocycles. The molecule has 39 heavy (non-hydrogen) atoms. The van der Waals surface area contributed by atoms with Crippen molar-refractivity contribution in [3.05, 3.63) is 48.0 Å². The summed E-state index contributed by atoms with van der Waals surface area (Å²) in [4.78, 5) is 28.5. The van der Waals surface area contributed by atoms with Gasteiger partial charge in [0.15, 0.2) is 11.5 Å². The van der Waals surface area contributed by atoms with Gasteiger partial charge in [-0.2, -0.15) is 0 Å². The smallest absolute Gasteiger partial charge is 0.244 e. The van der Waals surface area contributed by atoms with Gasteiger partial charge in [0.2, 0.25) is 21.8 Å². The minimum atomic E-state index is -3.85. The number of carbonyl (C=O) groups excluding carboxylic acids is 2. The molecular formula is C28H37N3O7S.